The molecule has 0 unspecified atom stereocenters. The normalized spacial score (nSPS) is 23.2. The number of H-pyrrole nitrogens is 1. The Morgan fingerprint density at radius 2 is 1.97 bits per heavy atom. The van der Waals surface area contributed by atoms with E-state index >= 15 is 0 Å². The molecule has 0 amide bonds. The fourth-order valence-corrected chi connectivity index (χ4v) is 4.70. The molecule has 4 rings (SSSR count). The van der Waals surface area contributed by atoms with Gasteiger partial charge in [-0.2, -0.15) is 13.2 Å². The van der Waals surface area contributed by atoms with Gasteiger partial charge in [-0.1, -0.05) is 18.5 Å². The number of phenols is 1. The summed E-state index contributed by atoms with van der Waals surface area (Å²) in [6.45, 7) is 1.66. The number of aromatic nitrogens is 1. The van der Waals surface area contributed by atoms with Gasteiger partial charge in [0.2, 0.25) is 5.56 Å². The van der Waals surface area contributed by atoms with Crippen LogP contribution in [0.15, 0.2) is 41.2 Å². The summed E-state index contributed by atoms with van der Waals surface area (Å²) < 4.78 is 56.9. The highest BCUT2D eigenvalue weighted by atomic mass is 35.5. The molecule has 1 aromatic heterocycles. The lowest BCUT2D eigenvalue weighted by Gasteiger charge is -2.46. The van der Waals surface area contributed by atoms with Crippen molar-refractivity contribution < 1.29 is 27.8 Å². The molecule has 0 saturated heterocycles. The highest BCUT2D eigenvalue weighted by Gasteiger charge is 2.62. The molecule has 0 aliphatic heterocycles. The first kappa shape index (κ1) is 22.4. The van der Waals surface area contributed by atoms with Gasteiger partial charge < -0.3 is 20.5 Å². The van der Waals surface area contributed by atoms with Crippen molar-refractivity contribution in [3.63, 3.8) is 0 Å². The van der Waals surface area contributed by atoms with Crippen molar-refractivity contribution in [1.29, 1.82) is 0 Å². The first-order chi connectivity index (χ1) is 15.0. The van der Waals surface area contributed by atoms with Crippen molar-refractivity contribution in [2.24, 2.45) is 0 Å². The first-order valence-corrected chi connectivity index (χ1v) is 10.2. The maximum absolute atomic E-state index is 14.2. The molecule has 0 radical (unpaired) electrons. The fraction of sp³-hybridized carbons (Fsp3) is 0.318. The highest BCUT2D eigenvalue weighted by molar-refractivity contribution is 6.30. The van der Waals surface area contributed by atoms with Crippen molar-refractivity contribution >= 4 is 28.2 Å². The Bertz CT molecular complexity index is 1260. The number of pyridine rings is 1. The van der Waals surface area contributed by atoms with E-state index in [-0.39, 0.29) is 44.9 Å². The molecule has 1 aliphatic carbocycles. The number of benzene rings is 2. The molecule has 5 nitrogen and oxygen atoms in total. The van der Waals surface area contributed by atoms with Gasteiger partial charge in [0, 0.05) is 27.7 Å². The average molecular weight is 471 g/mol. The number of fused-ring (bicyclic) bond motifs is 2. The molecule has 0 saturated carbocycles. The number of halogens is 5. The highest BCUT2D eigenvalue weighted by Crippen LogP contribution is 2.55. The van der Waals surface area contributed by atoms with Gasteiger partial charge in [0.05, 0.1) is 11.6 Å². The van der Waals surface area contributed by atoms with Crippen molar-refractivity contribution in [2.75, 3.05) is 5.32 Å². The summed E-state index contributed by atoms with van der Waals surface area (Å²) in [6, 6.07) is 5.39. The Morgan fingerprint density at radius 1 is 1.25 bits per heavy atom. The topological polar surface area (TPSA) is 85.4 Å². The van der Waals surface area contributed by atoms with E-state index in [1.165, 1.54) is 24.3 Å². The third-order valence-corrected chi connectivity index (χ3v) is 6.26. The van der Waals surface area contributed by atoms with Gasteiger partial charge in [-0.15, -0.1) is 0 Å². The van der Waals surface area contributed by atoms with Gasteiger partial charge >= 0.3 is 6.18 Å². The predicted molar refractivity (Wildman–Crippen MR) is 113 cm³/mol. The molecule has 0 fully saturated rings. The molecule has 1 aliphatic rings. The summed E-state index contributed by atoms with van der Waals surface area (Å²) in [5.74, 6) is -1.79. The van der Waals surface area contributed by atoms with Crippen molar-refractivity contribution in [2.45, 2.75) is 43.5 Å². The second-order valence-electron chi connectivity index (χ2n) is 7.94. The zero-order valence-corrected chi connectivity index (χ0v) is 17.5. The second-order valence-corrected chi connectivity index (χ2v) is 8.38. The third kappa shape index (κ3) is 3.49. The summed E-state index contributed by atoms with van der Waals surface area (Å²) in [5, 5.41) is 24.3. The Labute approximate surface area is 184 Å². The van der Waals surface area contributed by atoms with Crippen LogP contribution in [0.25, 0.3) is 10.9 Å². The van der Waals surface area contributed by atoms with E-state index in [1.54, 1.807) is 6.92 Å². The van der Waals surface area contributed by atoms with Gasteiger partial charge in [-0.05, 0) is 54.7 Å². The minimum Gasteiger partial charge on any atom is -0.508 e. The Hall–Kier alpha value is -2.78. The SMILES string of the molecule is CC[C@@H]1C[C@](O)(C(F)(F)F)[C@@H](Nc2ccc(F)c3[nH]c(=O)ccc23)c2cc(Cl)cc(O)c21. The molecule has 1 heterocycles. The molecule has 32 heavy (non-hydrogen) atoms. The number of aromatic amines is 1. The van der Waals surface area contributed by atoms with Crippen molar-refractivity contribution in [3.05, 3.63) is 68.7 Å². The summed E-state index contributed by atoms with van der Waals surface area (Å²) in [4.78, 5) is 13.9. The number of phenolic OH excluding ortho intramolecular Hbond substituents is 1. The third-order valence-electron chi connectivity index (χ3n) is 6.04. The van der Waals surface area contributed by atoms with Crippen LogP contribution in [0.4, 0.5) is 23.2 Å². The number of hydrogen-bond acceptors (Lipinski definition) is 4. The summed E-state index contributed by atoms with van der Waals surface area (Å²) in [5.41, 5.74) is -3.65. The van der Waals surface area contributed by atoms with Gasteiger partial charge in [0.15, 0.2) is 5.60 Å². The van der Waals surface area contributed by atoms with Gasteiger partial charge in [0.25, 0.3) is 0 Å². The number of aliphatic hydroxyl groups is 1. The lowest BCUT2D eigenvalue weighted by atomic mass is 9.69. The van der Waals surface area contributed by atoms with E-state index < -0.39 is 41.5 Å². The zero-order valence-electron chi connectivity index (χ0n) is 16.7. The number of alkyl halides is 3. The Balaban J connectivity index is 1.96. The van der Waals surface area contributed by atoms with Crippen LogP contribution in [0, 0.1) is 5.82 Å². The zero-order chi connectivity index (χ0) is 23.4. The van der Waals surface area contributed by atoms with Crippen LogP contribution in [0.3, 0.4) is 0 Å². The summed E-state index contributed by atoms with van der Waals surface area (Å²) in [7, 11) is 0. The smallest absolute Gasteiger partial charge is 0.419 e. The van der Waals surface area contributed by atoms with Crippen LogP contribution in [-0.4, -0.2) is 27.0 Å². The molecule has 170 valence electrons. The van der Waals surface area contributed by atoms with E-state index in [1.807, 2.05) is 0 Å². The summed E-state index contributed by atoms with van der Waals surface area (Å²) >= 11 is 6.04. The van der Waals surface area contributed by atoms with Gasteiger partial charge in [-0.3, -0.25) is 4.79 Å². The maximum Gasteiger partial charge on any atom is 0.419 e. The minimum atomic E-state index is -5.03. The monoisotopic (exact) mass is 470 g/mol. The van der Waals surface area contributed by atoms with Crippen LogP contribution >= 0.6 is 11.6 Å². The minimum absolute atomic E-state index is 0.00243. The first-order valence-electron chi connectivity index (χ1n) is 9.85. The van der Waals surface area contributed by atoms with Crippen molar-refractivity contribution in [1.82, 2.24) is 4.98 Å². The molecule has 10 heteroatoms. The summed E-state index contributed by atoms with van der Waals surface area (Å²) in [6.07, 6.45) is -5.48. The Morgan fingerprint density at radius 3 is 2.62 bits per heavy atom. The van der Waals surface area contributed by atoms with Crippen LogP contribution in [0.5, 0.6) is 5.75 Å². The second kappa shape index (κ2) is 7.67. The molecular formula is C22H19ClF4N2O3. The van der Waals surface area contributed by atoms with Crippen molar-refractivity contribution in [3.8, 4) is 5.75 Å². The van der Waals surface area contributed by atoms with Crippen LogP contribution < -0.4 is 10.9 Å². The largest absolute Gasteiger partial charge is 0.508 e. The molecule has 2 aromatic carbocycles. The van der Waals surface area contributed by atoms with E-state index in [2.05, 4.69) is 10.3 Å². The van der Waals surface area contributed by atoms with Crippen LogP contribution in [-0.2, 0) is 0 Å². The van der Waals surface area contributed by atoms with E-state index in [0.717, 1.165) is 12.1 Å². The van der Waals surface area contributed by atoms with E-state index in [9.17, 15) is 32.6 Å². The van der Waals surface area contributed by atoms with Gasteiger partial charge in [-0.25, -0.2) is 4.39 Å². The Kier molecular flexibility index (Phi) is 5.37. The lowest BCUT2D eigenvalue weighted by molar-refractivity contribution is -0.272. The molecule has 3 atom stereocenters. The predicted octanol–water partition coefficient (Wildman–Crippen LogP) is 5.37. The molecule has 3 aromatic rings. The molecule has 0 bridgehead atoms. The molecular weight excluding hydrogens is 452 g/mol. The van der Waals surface area contributed by atoms with E-state index in [0.29, 0.717) is 0 Å². The quantitative estimate of drug-likeness (QED) is 0.388. The average Bonchev–Trinajstić information content (AvgIpc) is 2.70. The maximum atomic E-state index is 14.2. The number of nitrogens with one attached hydrogen (secondary N) is 2. The fourth-order valence-electron chi connectivity index (χ4n) is 4.48. The van der Waals surface area contributed by atoms with Gasteiger partial charge in [0.1, 0.15) is 11.6 Å². The number of aromatic hydroxyl groups is 1. The van der Waals surface area contributed by atoms with E-state index in [4.69, 9.17) is 11.6 Å². The van der Waals surface area contributed by atoms with Crippen LogP contribution in [0.1, 0.15) is 42.9 Å². The number of rotatable bonds is 3. The lowest BCUT2D eigenvalue weighted by Crippen LogP contribution is -2.55. The molecule has 4 N–H and O–H groups in total. The standard InChI is InChI=1S/C22H19ClF4N2O3/c1-2-10-9-21(32,22(25,26)27)20(13-7-11(23)8-16(30)18(10)13)28-15-5-4-14(24)19-12(15)3-6-17(31)29-19/h3-8,10,20,28,30,32H,2,9H2,1H3,(H,29,31)/t10-,20+,21-/m1/s1. The van der Waals surface area contributed by atoms with Crippen LogP contribution in [0.2, 0.25) is 5.02 Å². The number of anilines is 1. The molecule has 0 spiro atoms. The number of hydrogen-bond donors (Lipinski definition) is 4.